The Kier molecular flexibility index (Phi) is 7.08. The number of carbonyl (C=O) groups is 1. The highest BCUT2D eigenvalue weighted by molar-refractivity contribution is 7.99. The van der Waals surface area contributed by atoms with Crippen LogP contribution in [0.2, 0.25) is 0 Å². The monoisotopic (exact) mass is 397 g/mol. The van der Waals surface area contributed by atoms with Gasteiger partial charge < -0.3 is 14.1 Å². The van der Waals surface area contributed by atoms with E-state index in [-0.39, 0.29) is 11.7 Å². The molecule has 3 aromatic rings. The lowest BCUT2D eigenvalue weighted by atomic mass is 10.2. The number of hydrogen-bond acceptors (Lipinski definition) is 6. The minimum Gasteiger partial charge on any atom is -0.494 e. The number of amides is 1. The molecule has 3 rings (SSSR count). The molecule has 1 aromatic heterocycles. The van der Waals surface area contributed by atoms with E-state index < -0.39 is 0 Å². The first-order chi connectivity index (χ1) is 13.6. The fourth-order valence-electron chi connectivity index (χ4n) is 2.59. The molecule has 146 valence electrons. The number of rotatable bonds is 9. The Morgan fingerprint density at radius 1 is 1.07 bits per heavy atom. The van der Waals surface area contributed by atoms with Crippen molar-refractivity contribution >= 4 is 17.7 Å². The molecule has 0 saturated carbocycles. The highest BCUT2D eigenvalue weighted by Gasteiger charge is 2.13. The summed E-state index contributed by atoms with van der Waals surface area (Å²) in [6, 6.07) is 17.7. The van der Waals surface area contributed by atoms with E-state index in [1.54, 1.807) is 11.9 Å². The Morgan fingerprint density at radius 3 is 2.54 bits per heavy atom. The zero-order valence-electron chi connectivity index (χ0n) is 16.0. The normalized spacial score (nSPS) is 10.6. The highest BCUT2D eigenvalue weighted by atomic mass is 32.2. The van der Waals surface area contributed by atoms with Gasteiger partial charge in [-0.1, -0.05) is 54.2 Å². The van der Waals surface area contributed by atoms with Crippen LogP contribution >= 0.6 is 11.8 Å². The van der Waals surface area contributed by atoms with Crippen LogP contribution in [0.1, 0.15) is 23.9 Å². The topological polar surface area (TPSA) is 68.5 Å². The highest BCUT2D eigenvalue weighted by Crippen LogP contribution is 2.19. The molecule has 7 heteroatoms. The third-order valence-corrected chi connectivity index (χ3v) is 4.85. The molecule has 0 unspecified atom stereocenters. The van der Waals surface area contributed by atoms with E-state index in [2.05, 4.69) is 10.2 Å². The molecule has 0 atom stereocenters. The number of aromatic nitrogens is 2. The summed E-state index contributed by atoms with van der Waals surface area (Å²) in [6.07, 6.45) is 0.583. The van der Waals surface area contributed by atoms with Gasteiger partial charge in [-0.3, -0.25) is 4.79 Å². The third-order valence-electron chi connectivity index (χ3n) is 4.05. The second-order valence-electron chi connectivity index (χ2n) is 6.24. The molecule has 1 amide bonds. The molecular weight excluding hydrogens is 374 g/mol. The summed E-state index contributed by atoms with van der Waals surface area (Å²) in [5.41, 5.74) is 2.15. The minimum atomic E-state index is 0.00157. The van der Waals surface area contributed by atoms with Crippen molar-refractivity contribution in [2.45, 2.75) is 25.1 Å². The predicted molar refractivity (Wildman–Crippen MR) is 108 cm³/mol. The lowest BCUT2D eigenvalue weighted by Crippen LogP contribution is -2.27. The van der Waals surface area contributed by atoms with E-state index in [1.165, 1.54) is 11.8 Å². The zero-order chi connectivity index (χ0) is 19.8. The van der Waals surface area contributed by atoms with E-state index in [1.807, 2.05) is 61.5 Å². The van der Waals surface area contributed by atoms with Crippen LogP contribution in [0, 0.1) is 0 Å². The number of hydrogen-bond donors (Lipinski definition) is 0. The van der Waals surface area contributed by atoms with E-state index in [0.29, 0.717) is 30.7 Å². The molecule has 1 heterocycles. The van der Waals surface area contributed by atoms with Crippen LogP contribution in [-0.4, -0.2) is 40.4 Å². The third kappa shape index (κ3) is 5.85. The molecule has 0 aliphatic carbocycles. The van der Waals surface area contributed by atoms with Gasteiger partial charge in [0.05, 0.1) is 18.8 Å². The molecular formula is C21H23N3O3S. The Morgan fingerprint density at radius 2 is 1.82 bits per heavy atom. The molecule has 0 aliphatic rings. The predicted octanol–water partition coefficient (Wildman–Crippen LogP) is 3.81. The maximum absolute atomic E-state index is 12.4. The number of benzene rings is 2. The van der Waals surface area contributed by atoms with Crippen molar-refractivity contribution in [1.29, 1.82) is 0 Å². The van der Waals surface area contributed by atoms with Crippen LogP contribution in [-0.2, 0) is 17.8 Å². The standard InChI is InChI=1S/C21H23N3O3S/c1-3-26-18-11-9-17(10-12-18)14-24(2)20(25)15-28-21-23-22-19(27-21)13-16-7-5-4-6-8-16/h4-12H,3,13-15H2,1-2H3. The van der Waals surface area contributed by atoms with Crippen molar-refractivity contribution in [3.63, 3.8) is 0 Å². The van der Waals surface area contributed by atoms with Crippen LogP contribution in [0.4, 0.5) is 0 Å². The quantitative estimate of drug-likeness (QED) is 0.512. The van der Waals surface area contributed by atoms with Gasteiger partial charge in [0.1, 0.15) is 5.75 Å². The molecule has 0 bridgehead atoms. The Bertz CT molecular complexity index is 881. The molecule has 0 spiro atoms. The molecule has 28 heavy (non-hydrogen) atoms. The van der Waals surface area contributed by atoms with E-state index in [0.717, 1.165) is 16.9 Å². The second-order valence-corrected chi connectivity index (χ2v) is 7.17. The van der Waals surface area contributed by atoms with Crippen LogP contribution in [0.5, 0.6) is 5.75 Å². The number of carbonyl (C=O) groups excluding carboxylic acids is 1. The molecule has 0 radical (unpaired) electrons. The van der Waals surface area contributed by atoms with Gasteiger partial charge in [0, 0.05) is 13.6 Å². The van der Waals surface area contributed by atoms with E-state index in [4.69, 9.17) is 9.15 Å². The Hall–Kier alpha value is -2.80. The van der Waals surface area contributed by atoms with Crippen LogP contribution in [0.15, 0.2) is 64.2 Å². The Labute approximate surface area is 168 Å². The summed E-state index contributed by atoms with van der Waals surface area (Å²) < 4.78 is 11.1. The van der Waals surface area contributed by atoms with Crippen molar-refractivity contribution in [3.8, 4) is 5.75 Å². The van der Waals surface area contributed by atoms with Gasteiger partial charge in [-0.2, -0.15) is 0 Å². The Balaban J connectivity index is 1.47. The average Bonchev–Trinajstić information content (AvgIpc) is 3.16. The minimum absolute atomic E-state index is 0.00157. The summed E-state index contributed by atoms with van der Waals surface area (Å²) in [4.78, 5) is 14.1. The van der Waals surface area contributed by atoms with E-state index >= 15 is 0 Å². The van der Waals surface area contributed by atoms with Gasteiger partial charge in [0.15, 0.2) is 0 Å². The maximum atomic E-state index is 12.4. The van der Waals surface area contributed by atoms with Gasteiger partial charge in [-0.05, 0) is 30.2 Å². The van der Waals surface area contributed by atoms with Gasteiger partial charge in [-0.25, -0.2) is 0 Å². The number of ether oxygens (including phenoxy) is 1. The molecule has 2 aromatic carbocycles. The lowest BCUT2D eigenvalue weighted by molar-refractivity contribution is -0.127. The van der Waals surface area contributed by atoms with Gasteiger partial charge in [0.2, 0.25) is 11.8 Å². The summed E-state index contributed by atoms with van der Waals surface area (Å²) in [5, 5.41) is 8.48. The van der Waals surface area contributed by atoms with Crippen molar-refractivity contribution in [2.75, 3.05) is 19.4 Å². The van der Waals surface area contributed by atoms with Gasteiger partial charge in [-0.15, -0.1) is 10.2 Å². The summed E-state index contributed by atoms with van der Waals surface area (Å²) in [5.74, 6) is 1.63. The van der Waals surface area contributed by atoms with Crippen LogP contribution < -0.4 is 4.74 Å². The fraction of sp³-hybridized carbons (Fsp3) is 0.286. The molecule has 0 N–H and O–H groups in total. The first-order valence-corrected chi connectivity index (χ1v) is 10.1. The average molecular weight is 398 g/mol. The summed E-state index contributed by atoms with van der Waals surface area (Å²) in [7, 11) is 1.79. The first kappa shape index (κ1) is 19.9. The summed E-state index contributed by atoms with van der Waals surface area (Å²) >= 11 is 1.26. The van der Waals surface area contributed by atoms with Crippen molar-refractivity contribution in [1.82, 2.24) is 15.1 Å². The lowest BCUT2D eigenvalue weighted by Gasteiger charge is -2.17. The molecule has 0 aliphatic heterocycles. The molecule has 0 saturated heterocycles. The van der Waals surface area contributed by atoms with Gasteiger partial charge in [0.25, 0.3) is 5.22 Å². The number of nitrogens with zero attached hydrogens (tertiary/aromatic N) is 3. The summed E-state index contributed by atoms with van der Waals surface area (Å²) in [6.45, 7) is 3.12. The SMILES string of the molecule is CCOc1ccc(CN(C)C(=O)CSc2nnc(Cc3ccccc3)o2)cc1. The second kappa shape index (κ2) is 9.94. The fourth-order valence-corrected chi connectivity index (χ4v) is 3.31. The zero-order valence-corrected chi connectivity index (χ0v) is 16.8. The van der Waals surface area contributed by atoms with Crippen LogP contribution in [0.25, 0.3) is 0 Å². The smallest absolute Gasteiger partial charge is 0.277 e. The number of thioether (sulfide) groups is 1. The van der Waals surface area contributed by atoms with Crippen molar-refractivity contribution in [3.05, 3.63) is 71.6 Å². The molecule has 0 fully saturated rings. The molecule has 6 nitrogen and oxygen atoms in total. The van der Waals surface area contributed by atoms with E-state index in [9.17, 15) is 4.79 Å². The van der Waals surface area contributed by atoms with Crippen molar-refractivity contribution in [2.24, 2.45) is 0 Å². The first-order valence-electron chi connectivity index (χ1n) is 9.09. The van der Waals surface area contributed by atoms with Gasteiger partial charge >= 0.3 is 0 Å². The van der Waals surface area contributed by atoms with Crippen LogP contribution in [0.3, 0.4) is 0 Å². The van der Waals surface area contributed by atoms with Crippen molar-refractivity contribution < 1.29 is 13.9 Å². The largest absolute Gasteiger partial charge is 0.494 e. The maximum Gasteiger partial charge on any atom is 0.277 e.